The van der Waals surface area contributed by atoms with Gasteiger partial charge in [-0.25, -0.2) is 4.79 Å². The van der Waals surface area contributed by atoms with Crippen molar-refractivity contribution >= 4 is 18.7 Å². The van der Waals surface area contributed by atoms with Gasteiger partial charge in [-0.3, -0.25) is 0 Å². The van der Waals surface area contributed by atoms with Crippen LogP contribution in [0.2, 0.25) is 0 Å². The molecule has 0 radical (unpaired) electrons. The molecular formula is C14H19NO2S. The maximum atomic E-state index is 11.9. The summed E-state index contributed by atoms with van der Waals surface area (Å²) < 4.78 is 5.35. The van der Waals surface area contributed by atoms with E-state index >= 15 is 0 Å². The maximum absolute atomic E-state index is 11.9. The minimum atomic E-state index is -0.220. The average Bonchev–Trinajstić information content (AvgIpc) is 2.37. The highest BCUT2D eigenvalue weighted by atomic mass is 32.1. The first-order valence-electron chi connectivity index (χ1n) is 6.25. The molecule has 1 fully saturated rings. The van der Waals surface area contributed by atoms with Crippen LogP contribution >= 0.6 is 12.6 Å². The summed E-state index contributed by atoms with van der Waals surface area (Å²) in [5.74, 6) is 0. The molecule has 0 aromatic heterocycles. The second-order valence-corrected chi connectivity index (χ2v) is 6.10. The van der Waals surface area contributed by atoms with Crippen LogP contribution in [0.15, 0.2) is 30.3 Å². The quantitative estimate of drug-likeness (QED) is 0.833. The van der Waals surface area contributed by atoms with Gasteiger partial charge in [0.2, 0.25) is 0 Å². The first-order valence-corrected chi connectivity index (χ1v) is 6.70. The van der Waals surface area contributed by atoms with E-state index in [1.54, 1.807) is 4.90 Å². The molecule has 1 heterocycles. The van der Waals surface area contributed by atoms with Crippen molar-refractivity contribution in [2.45, 2.75) is 31.1 Å². The van der Waals surface area contributed by atoms with Gasteiger partial charge < -0.3 is 9.64 Å². The Balaban J connectivity index is 1.79. The van der Waals surface area contributed by atoms with Crippen LogP contribution in [0.25, 0.3) is 0 Å². The number of benzene rings is 1. The topological polar surface area (TPSA) is 29.5 Å². The van der Waals surface area contributed by atoms with Crippen LogP contribution < -0.4 is 0 Å². The van der Waals surface area contributed by atoms with E-state index in [4.69, 9.17) is 4.74 Å². The van der Waals surface area contributed by atoms with Gasteiger partial charge in [0.25, 0.3) is 0 Å². The Morgan fingerprint density at radius 3 is 2.56 bits per heavy atom. The number of rotatable bonds is 2. The van der Waals surface area contributed by atoms with Crippen LogP contribution in [-0.2, 0) is 11.3 Å². The van der Waals surface area contributed by atoms with E-state index in [2.05, 4.69) is 19.6 Å². The summed E-state index contributed by atoms with van der Waals surface area (Å²) in [5, 5.41) is 0. The molecule has 0 atom stereocenters. The molecule has 0 saturated carbocycles. The van der Waals surface area contributed by atoms with E-state index in [1.807, 2.05) is 30.3 Å². The lowest BCUT2D eigenvalue weighted by molar-refractivity contribution is 0.0863. The second-order valence-electron chi connectivity index (χ2n) is 5.02. The molecule has 98 valence electrons. The van der Waals surface area contributed by atoms with Gasteiger partial charge >= 0.3 is 6.09 Å². The molecule has 0 N–H and O–H groups in total. The fourth-order valence-electron chi connectivity index (χ4n) is 1.98. The zero-order valence-electron chi connectivity index (χ0n) is 10.6. The molecule has 1 aromatic rings. The highest BCUT2D eigenvalue weighted by Gasteiger charge is 2.29. The van der Waals surface area contributed by atoms with Gasteiger partial charge in [0.05, 0.1) is 0 Å². The Bertz CT molecular complexity index is 396. The Hall–Kier alpha value is -1.16. The van der Waals surface area contributed by atoms with Crippen LogP contribution in [0, 0.1) is 0 Å². The van der Waals surface area contributed by atoms with Gasteiger partial charge in [0, 0.05) is 17.8 Å². The van der Waals surface area contributed by atoms with Gasteiger partial charge in [0.15, 0.2) is 0 Å². The minimum absolute atomic E-state index is 0.0518. The summed E-state index contributed by atoms with van der Waals surface area (Å²) >= 11 is 4.56. The third kappa shape index (κ3) is 3.67. The zero-order valence-corrected chi connectivity index (χ0v) is 11.5. The standard InChI is InChI=1S/C14H19NO2S/c1-14(18)7-9-15(10-8-14)13(16)17-11-12-5-3-2-4-6-12/h2-6,18H,7-11H2,1H3. The van der Waals surface area contributed by atoms with Crippen molar-refractivity contribution < 1.29 is 9.53 Å². The predicted octanol–water partition coefficient (Wildman–Crippen LogP) is 3.11. The van der Waals surface area contributed by atoms with Crippen molar-refractivity contribution in [3.05, 3.63) is 35.9 Å². The summed E-state index contributed by atoms with van der Waals surface area (Å²) in [4.78, 5) is 13.6. The van der Waals surface area contributed by atoms with E-state index in [0.29, 0.717) is 6.61 Å². The smallest absolute Gasteiger partial charge is 0.410 e. The third-order valence-electron chi connectivity index (χ3n) is 3.30. The first kappa shape index (κ1) is 13.3. The number of likely N-dealkylation sites (tertiary alicyclic amines) is 1. The Morgan fingerprint density at radius 1 is 1.33 bits per heavy atom. The van der Waals surface area contributed by atoms with E-state index in [0.717, 1.165) is 31.5 Å². The molecule has 1 aliphatic heterocycles. The molecule has 4 heteroatoms. The molecule has 18 heavy (non-hydrogen) atoms. The molecule has 0 unspecified atom stereocenters. The molecule has 0 bridgehead atoms. The predicted molar refractivity (Wildman–Crippen MR) is 74.8 cm³/mol. The lowest BCUT2D eigenvalue weighted by Crippen LogP contribution is -2.43. The minimum Gasteiger partial charge on any atom is -0.445 e. The highest BCUT2D eigenvalue weighted by Crippen LogP contribution is 2.28. The summed E-state index contributed by atoms with van der Waals surface area (Å²) in [6.45, 7) is 3.91. The van der Waals surface area contributed by atoms with Crippen LogP contribution in [0.1, 0.15) is 25.3 Å². The third-order valence-corrected chi connectivity index (χ3v) is 3.75. The van der Waals surface area contributed by atoms with Gasteiger partial charge in [-0.15, -0.1) is 0 Å². The molecule has 0 aliphatic carbocycles. The van der Waals surface area contributed by atoms with Crippen molar-refractivity contribution in [2.75, 3.05) is 13.1 Å². The number of thiol groups is 1. The Labute approximate surface area is 114 Å². The number of hydrogen-bond acceptors (Lipinski definition) is 3. The fourth-order valence-corrected chi connectivity index (χ4v) is 2.18. The summed E-state index contributed by atoms with van der Waals surface area (Å²) in [5.41, 5.74) is 1.02. The zero-order chi connectivity index (χ0) is 13.0. The largest absolute Gasteiger partial charge is 0.445 e. The summed E-state index contributed by atoms with van der Waals surface area (Å²) in [6, 6.07) is 9.73. The average molecular weight is 265 g/mol. The van der Waals surface area contributed by atoms with E-state index in [9.17, 15) is 4.79 Å². The fraction of sp³-hybridized carbons (Fsp3) is 0.500. The van der Waals surface area contributed by atoms with Crippen LogP contribution in [-0.4, -0.2) is 28.8 Å². The molecule has 1 aromatic carbocycles. The van der Waals surface area contributed by atoms with Gasteiger partial charge in [-0.2, -0.15) is 12.6 Å². The second kappa shape index (κ2) is 5.65. The summed E-state index contributed by atoms with van der Waals surface area (Å²) in [6.07, 6.45) is 1.61. The van der Waals surface area contributed by atoms with Crippen LogP contribution in [0.5, 0.6) is 0 Å². The van der Waals surface area contributed by atoms with Crippen LogP contribution in [0.4, 0.5) is 4.79 Å². The number of ether oxygens (including phenoxy) is 1. The number of carbonyl (C=O) groups excluding carboxylic acids is 1. The Morgan fingerprint density at radius 2 is 1.94 bits per heavy atom. The van der Waals surface area contributed by atoms with Crippen LogP contribution in [0.3, 0.4) is 0 Å². The first-order chi connectivity index (χ1) is 8.57. The Kier molecular flexibility index (Phi) is 4.17. The SMILES string of the molecule is CC1(S)CCN(C(=O)OCc2ccccc2)CC1. The molecule has 0 spiro atoms. The number of nitrogens with zero attached hydrogens (tertiary/aromatic N) is 1. The molecular weight excluding hydrogens is 246 g/mol. The van der Waals surface area contributed by atoms with Gasteiger partial charge in [-0.05, 0) is 18.4 Å². The van der Waals surface area contributed by atoms with Crippen molar-refractivity contribution in [3.63, 3.8) is 0 Å². The molecule has 2 rings (SSSR count). The maximum Gasteiger partial charge on any atom is 0.410 e. The number of hydrogen-bond donors (Lipinski definition) is 1. The summed E-state index contributed by atoms with van der Waals surface area (Å²) in [7, 11) is 0. The lowest BCUT2D eigenvalue weighted by atomic mass is 9.98. The lowest BCUT2D eigenvalue weighted by Gasteiger charge is -2.35. The molecule has 1 aliphatic rings. The highest BCUT2D eigenvalue weighted by molar-refractivity contribution is 7.81. The molecule has 1 amide bonds. The number of amides is 1. The van der Waals surface area contributed by atoms with Crippen molar-refractivity contribution in [1.82, 2.24) is 4.90 Å². The van der Waals surface area contributed by atoms with Gasteiger partial charge in [-0.1, -0.05) is 37.3 Å². The molecule has 3 nitrogen and oxygen atoms in total. The van der Waals surface area contributed by atoms with Gasteiger partial charge in [0.1, 0.15) is 6.61 Å². The van der Waals surface area contributed by atoms with E-state index in [1.165, 1.54) is 0 Å². The molecule has 1 saturated heterocycles. The van der Waals surface area contributed by atoms with Crippen molar-refractivity contribution in [2.24, 2.45) is 0 Å². The van der Waals surface area contributed by atoms with E-state index in [-0.39, 0.29) is 10.8 Å². The van der Waals surface area contributed by atoms with Crippen molar-refractivity contribution in [1.29, 1.82) is 0 Å². The van der Waals surface area contributed by atoms with E-state index < -0.39 is 0 Å². The normalized spacial score (nSPS) is 18.4. The number of carbonyl (C=O) groups is 1. The number of piperidine rings is 1. The monoisotopic (exact) mass is 265 g/mol. The van der Waals surface area contributed by atoms with Crippen molar-refractivity contribution in [3.8, 4) is 0 Å².